The van der Waals surface area contributed by atoms with Gasteiger partial charge in [0.25, 0.3) is 11.6 Å². The Labute approximate surface area is 171 Å². The highest BCUT2D eigenvalue weighted by atomic mass is 16.6. The number of para-hydroxylation sites is 2. The van der Waals surface area contributed by atoms with Crippen LogP contribution in [0, 0.1) is 10.1 Å². The molecule has 0 atom stereocenters. The van der Waals surface area contributed by atoms with Crippen LogP contribution in [0.4, 0.5) is 11.4 Å². The molecular weight excluding hydrogens is 388 g/mol. The lowest BCUT2D eigenvalue weighted by atomic mass is 10.0. The predicted molar refractivity (Wildman–Crippen MR) is 108 cm³/mol. The van der Waals surface area contributed by atoms with E-state index in [0.717, 1.165) is 0 Å². The lowest BCUT2D eigenvalue weighted by Crippen LogP contribution is -2.21. The van der Waals surface area contributed by atoms with Crippen molar-refractivity contribution in [2.75, 3.05) is 11.9 Å². The Kier molecular flexibility index (Phi) is 6.29. The highest BCUT2D eigenvalue weighted by Crippen LogP contribution is 2.23. The van der Waals surface area contributed by atoms with Crippen LogP contribution in [-0.4, -0.2) is 29.2 Å². The molecular formula is C22H16N2O6. The van der Waals surface area contributed by atoms with Crippen molar-refractivity contribution in [1.82, 2.24) is 0 Å². The Morgan fingerprint density at radius 1 is 0.800 bits per heavy atom. The first kappa shape index (κ1) is 20.4. The highest BCUT2D eigenvalue weighted by Gasteiger charge is 2.17. The van der Waals surface area contributed by atoms with Gasteiger partial charge in [-0.05, 0) is 18.2 Å². The second kappa shape index (κ2) is 9.24. The molecule has 3 aromatic rings. The van der Waals surface area contributed by atoms with Crippen LogP contribution in [-0.2, 0) is 9.53 Å². The molecule has 0 saturated carbocycles. The zero-order valence-corrected chi connectivity index (χ0v) is 15.6. The fourth-order valence-electron chi connectivity index (χ4n) is 2.65. The molecule has 0 aliphatic heterocycles. The number of benzene rings is 3. The van der Waals surface area contributed by atoms with E-state index in [-0.39, 0.29) is 22.7 Å². The van der Waals surface area contributed by atoms with Crippen molar-refractivity contribution in [3.8, 4) is 0 Å². The van der Waals surface area contributed by atoms with Crippen molar-refractivity contribution >= 4 is 29.0 Å². The Bertz CT molecular complexity index is 1090. The van der Waals surface area contributed by atoms with Gasteiger partial charge in [-0.25, -0.2) is 4.79 Å². The Balaban J connectivity index is 1.58. The van der Waals surface area contributed by atoms with Crippen LogP contribution < -0.4 is 5.32 Å². The van der Waals surface area contributed by atoms with Gasteiger partial charge in [0.15, 0.2) is 12.4 Å². The summed E-state index contributed by atoms with van der Waals surface area (Å²) >= 11 is 0. The molecule has 0 bridgehead atoms. The van der Waals surface area contributed by atoms with Gasteiger partial charge in [-0.15, -0.1) is 0 Å². The number of nitro groups is 1. The quantitative estimate of drug-likeness (QED) is 0.278. The fourth-order valence-corrected chi connectivity index (χ4v) is 2.65. The van der Waals surface area contributed by atoms with Crippen molar-refractivity contribution in [2.45, 2.75) is 0 Å². The number of amides is 1. The van der Waals surface area contributed by atoms with Crippen LogP contribution in [0.1, 0.15) is 26.3 Å². The first-order chi connectivity index (χ1) is 14.5. The minimum absolute atomic E-state index is 0.00678. The maximum atomic E-state index is 12.4. The third kappa shape index (κ3) is 4.93. The summed E-state index contributed by atoms with van der Waals surface area (Å²) in [5.41, 5.74) is 0.840. The van der Waals surface area contributed by atoms with Gasteiger partial charge in [0, 0.05) is 17.2 Å². The second-order valence-electron chi connectivity index (χ2n) is 6.17. The summed E-state index contributed by atoms with van der Waals surface area (Å²) < 4.78 is 4.94. The molecule has 1 N–H and O–H groups in total. The SMILES string of the molecule is O=C(COC(=O)c1ccc(C(=O)c2ccccc2)cc1)Nc1ccccc1[N+](=O)[O-]. The third-order valence-corrected chi connectivity index (χ3v) is 4.13. The number of hydrogen-bond acceptors (Lipinski definition) is 6. The zero-order valence-electron chi connectivity index (χ0n) is 15.6. The van der Waals surface area contributed by atoms with E-state index in [9.17, 15) is 24.5 Å². The number of hydrogen-bond donors (Lipinski definition) is 1. The summed E-state index contributed by atoms with van der Waals surface area (Å²) in [7, 11) is 0. The molecule has 0 unspecified atom stereocenters. The van der Waals surface area contributed by atoms with E-state index in [1.807, 2.05) is 6.07 Å². The van der Waals surface area contributed by atoms with Gasteiger partial charge in [-0.1, -0.05) is 54.6 Å². The number of carbonyl (C=O) groups is 3. The van der Waals surface area contributed by atoms with Crippen LogP contribution in [0.3, 0.4) is 0 Å². The number of rotatable bonds is 7. The van der Waals surface area contributed by atoms with Crippen molar-refractivity contribution in [2.24, 2.45) is 0 Å². The monoisotopic (exact) mass is 404 g/mol. The minimum Gasteiger partial charge on any atom is -0.452 e. The molecule has 3 aromatic carbocycles. The number of nitrogens with one attached hydrogen (secondary N) is 1. The smallest absolute Gasteiger partial charge is 0.338 e. The molecule has 0 fully saturated rings. The maximum absolute atomic E-state index is 12.4. The van der Waals surface area contributed by atoms with Crippen LogP contribution in [0.25, 0.3) is 0 Å². The van der Waals surface area contributed by atoms with Gasteiger partial charge in [0.2, 0.25) is 0 Å². The lowest BCUT2D eigenvalue weighted by molar-refractivity contribution is -0.383. The van der Waals surface area contributed by atoms with E-state index in [0.29, 0.717) is 11.1 Å². The Morgan fingerprint density at radius 2 is 1.37 bits per heavy atom. The van der Waals surface area contributed by atoms with E-state index >= 15 is 0 Å². The predicted octanol–water partition coefficient (Wildman–Crippen LogP) is 3.62. The fraction of sp³-hybridized carbons (Fsp3) is 0.0455. The van der Waals surface area contributed by atoms with Crippen LogP contribution in [0.2, 0.25) is 0 Å². The summed E-state index contributed by atoms with van der Waals surface area (Å²) in [6.07, 6.45) is 0. The molecule has 0 spiro atoms. The zero-order chi connectivity index (χ0) is 21.5. The third-order valence-electron chi connectivity index (χ3n) is 4.13. The van der Waals surface area contributed by atoms with Crippen LogP contribution in [0.5, 0.6) is 0 Å². The van der Waals surface area contributed by atoms with Gasteiger partial charge in [0.05, 0.1) is 10.5 Å². The molecule has 3 rings (SSSR count). The van der Waals surface area contributed by atoms with Crippen molar-refractivity contribution in [1.29, 1.82) is 0 Å². The summed E-state index contributed by atoms with van der Waals surface area (Å²) in [6.45, 7) is -0.615. The van der Waals surface area contributed by atoms with Crippen molar-refractivity contribution in [3.05, 3.63) is 106 Å². The first-order valence-corrected chi connectivity index (χ1v) is 8.86. The van der Waals surface area contributed by atoms with Crippen molar-refractivity contribution < 1.29 is 24.0 Å². The number of ketones is 1. The molecule has 0 aromatic heterocycles. The normalized spacial score (nSPS) is 10.1. The topological polar surface area (TPSA) is 116 Å². The highest BCUT2D eigenvalue weighted by molar-refractivity contribution is 6.09. The maximum Gasteiger partial charge on any atom is 0.338 e. The largest absolute Gasteiger partial charge is 0.452 e. The Morgan fingerprint density at radius 3 is 2.03 bits per heavy atom. The van der Waals surface area contributed by atoms with E-state index in [4.69, 9.17) is 4.74 Å². The molecule has 0 aliphatic rings. The molecule has 0 radical (unpaired) electrons. The summed E-state index contributed by atoms with van der Waals surface area (Å²) in [6, 6.07) is 20.2. The van der Waals surface area contributed by atoms with Crippen molar-refractivity contribution in [3.63, 3.8) is 0 Å². The molecule has 0 heterocycles. The van der Waals surface area contributed by atoms with Gasteiger partial charge in [0.1, 0.15) is 5.69 Å². The van der Waals surface area contributed by atoms with Crippen LogP contribution >= 0.6 is 0 Å². The number of anilines is 1. The molecule has 1 amide bonds. The molecule has 30 heavy (non-hydrogen) atoms. The standard InChI is InChI=1S/C22H16N2O6/c25-20(23-18-8-4-5-9-19(18)24(28)29)14-30-22(27)17-12-10-16(11-13-17)21(26)15-6-2-1-3-7-15/h1-13H,14H2,(H,23,25). The molecule has 0 saturated heterocycles. The summed E-state index contributed by atoms with van der Waals surface area (Å²) in [4.78, 5) is 46.8. The molecule has 150 valence electrons. The average Bonchev–Trinajstić information content (AvgIpc) is 2.78. The van der Waals surface area contributed by atoms with Gasteiger partial charge < -0.3 is 10.1 Å². The number of nitro benzene ring substituents is 1. The molecule has 8 heteroatoms. The van der Waals surface area contributed by atoms with E-state index in [1.165, 1.54) is 48.5 Å². The number of ether oxygens (including phenoxy) is 1. The minimum atomic E-state index is -0.758. The second-order valence-corrected chi connectivity index (χ2v) is 6.17. The van der Waals surface area contributed by atoms with Gasteiger partial charge in [-0.3, -0.25) is 19.7 Å². The lowest BCUT2D eigenvalue weighted by Gasteiger charge is -2.07. The average molecular weight is 404 g/mol. The Hall–Kier alpha value is -4.33. The van der Waals surface area contributed by atoms with E-state index < -0.39 is 23.4 Å². The number of carbonyl (C=O) groups excluding carboxylic acids is 3. The molecule has 0 aliphatic carbocycles. The van der Waals surface area contributed by atoms with Gasteiger partial charge in [-0.2, -0.15) is 0 Å². The number of esters is 1. The van der Waals surface area contributed by atoms with E-state index in [1.54, 1.807) is 24.3 Å². The van der Waals surface area contributed by atoms with E-state index in [2.05, 4.69) is 5.32 Å². The van der Waals surface area contributed by atoms with Crippen LogP contribution in [0.15, 0.2) is 78.9 Å². The van der Waals surface area contributed by atoms with Gasteiger partial charge >= 0.3 is 5.97 Å². The first-order valence-electron chi connectivity index (χ1n) is 8.86. The molecule has 8 nitrogen and oxygen atoms in total. The number of nitrogens with zero attached hydrogens (tertiary/aromatic N) is 1. The summed E-state index contributed by atoms with van der Waals surface area (Å²) in [5, 5.41) is 13.3. The summed E-state index contributed by atoms with van der Waals surface area (Å²) in [5.74, 6) is -1.65.